The van der Waals surface area contributed by atoms with Crippen molar-refractivity contribution in [1.82, 2.24) is 5.32 Å². The number of aliphatic hydroxyl groups excluding tert-OH is 1. The molecule has 2 nitrogen and oxygen atoms in total. The summed E-state index contributed by atoms with van der Waals surface area (Å²) in [6, 6.07) is 6.91. The Bertz CT molecular complexity index is 308. The Labute approximate surface area is 89.1 Å². The lowest BCUT2D eigenvalue weighted by atomic mass is 10.1. The number of rotatable bonds is 5. The molecule has 1 atom stereocenters. The monoisotopic (exact) mass is 209 g/mol. The first-order valence-electron chi connectivity index (χ1n) is 5.40. The van der Waals surface area contributed by atoms with Crippen LogP contribution in [0.1, 0.15) is 18.4 Å². The van der Waals surface area contributed by atoms with E-state index in [1.165, 1.54) is 25.0 Å². The molecule has 15 heavy (non-hydrogen) atoms. The highest BCUT2D eigenvalue weighted by molar-refractivity contribution is 5.16. The molecule has 2 rings (SSSR count). The largest absolute Gasteiger partial charge is 0.391 e. The van der Waals surface area contributed by atoms with Crippen LogP contribution in [0.5, 0.6) is 0 Å². The third kappa shape index (κ3) is 3.61. The molecule has 0 aromatic heterocycles. The fourth-order valence-corrected chi connectivity index (χ4v) is 1.55. The van der Waals surface area contributed by atoms with Gasteiger partial charge in [-0.1, -0.05) is 12.1 Å². The van der Waals surface area contributed by atoms with Crippen molar-refractivity contribution in [2.45, 2.75) is 31.4 Å². The predicted octanol–water partition coefficient (Wildman–Crippen LogP) is 1.48. The van der Waals surface area contributed by atoms with E-state index in [0.717, 1.165) is 5.56 Å². The summed E-state index contributed by atoms with van der Waals surface area (Å²) in [6.45, 7) is 0.627. The number of hydrogen-bond donors (Lipinski definition) is 2. The van der Waals surface area contributed by atoms with Crippen LogP contribution in [0.4, 0.5) is 4.39 Å². The molecule has 0 bridgehead atoms. The summed E-state index contributed by atoms with van der Waals surface area (Å²) in [5.41, 5.74) is 0.974. The van der Waals surface area contributed by atoms with Crippen LogP contribution >= 0.6 is 0 Å². The highest BCUT2D eigenvalue weighted by Crippen LogP contribution is 2.18. The molecule has 1 fully saturated rings. The van der Waals surface area contributed by atoms with E-state index >= 15 is 0 Å². The van der Waals surface area contributed by atoms with Gasteiger partial charge >= 0.3 is 0 Å². The van der Waals surface area contributed by atoms with Gasteiger partial charge in [0.15, 0.2) is 0 Å². The van der Waals surface area contributed by atoms with Crippen molar-refractivity contribution < 1.29 is 9.50 Å². The van der Waals surface area contributed by atoms with E-state index in [-0.39, 0.29) is 11.9 Å². The minimum atomic E-state index is -0.379. The van der Waals surface area contributed by atoms with Gasteiger partial charge in [0.25, 0.3) is 0 Å². The molecule has 1 unspecified atom stereocenters. The van der Waals surface area contributed by atoms with Gasteiger partial charge < -0.3 is 10.4 Å². The zero-order chi connectivity index (χ0) is 10.7. The van der Waals surface area contributed by atoms with Crippen molar-refractivity contribution in [3.63, 3.8) is 0 Å². The second-order valence-electron chi connectivity index (χ2n) is 4.17. The normalized spacial score (nSPS) is 17.7. The first kappa shape index (κ1) is 10.6. The maximum absolute atomic E-state index is 12.6. The molecule has 0 spiro atoms. The van der Waals surface area contributed by atoms with Crippen LogP contribution in [-0.4, -0.2) is 23.8 Å². The minimum Gasteiger partial charge on any atom is -0.391 e. The average Bonchev–Trinajstić information content (AvgIpc) is 3.02. The molecule has 0 amide bonds. The molecule has 0 heterocycles. The van der Waals surface area contributed by atoms with Crippen LogP contribution in [0.3, 0.4) is 0 Å². The Kier molecular flexibility index (Phi) is 3.34. The minimum absolute atomic E-state index is 0.232. The third-order valence-corrected chi connectivity index (χ3v) is 2.60. The molecule has 82 valence electrons. The van der Waals surface area contributed by atoms with Crippen LogP contribution in [0.2, 0.25) is 0 Å². The molecule has 1 aliphatic rings. The molecule has 1 saturated carbocycles. The van der Waals surface area contributed by atoms with Crippen LogP contribution in [0, 0.1) is 5.82 Å². The lowest BCUT2D eigenvalue weighted by molar-refractivity contribution is 0.171. The number of nitrogens with one attached hydrogen (secondary N) is 1. The van der Waals surface area contributed by atoms with E-state index in [9.17, 15) is 9.50 Å². The van der Waals surface area contributed by atoms with Gasteiger partial charge in [-0.2, -0.15) is 0 Å². The maximum Gasteiger partial charge on any atom is 0.123 e. The van der Waals surface area contributed by atoms with Crippen LogP contribution in [0.15, 0.2) is 24.3 Å². The molecule has 0 saturated heterocycles. The first-order valence-corrected chi connectivity index (χ1v) is 5.40. The van der Waals surface area contributed by atoms with Crippen LogP contribution < -0.4 is 5.32 Å². The lowest BCUT2D eigenvalue weighted by Crippen LogP contribution is -2.29. The molecule has 3 heteroatoms. The van der Waals surface area contributed by atoms with Gasteiger partial charge in [0, 0.05) is 12.6 Å². The Morgan fingerprint density at radius 3 is 2.60 bits per heavy atom. The zero-order valence-corrected chi connectivity index (χ0v) is 8.62. The van der Waals surface area contributed by atoms with Crippen molar-refractivity contribution in [1.29, 1.82) is 0 Å². The van der Waals surface area contributed by atoms with Crippen molar-refractivity contribution in [3.8, 4) is 0 Å². The fourth-order valence-electron chi connectivity index (χ4n) is 1.55. The number of hydrogen-bond acceptors (Lipinski definition) is 2. The smallest absolute Gasteiger partial charge is 0.123 e. The van der Waals surface area contributed by atoms with Gasteiger partial charge in [0.1, 0.15) is 5.82 Å². The summed E-state index contributed by atoms with van der Waals surface area (Å²) in [6.07, 6.45) is 2.66. The standard InChI is InChI=1S/C12H16FNO/c13-10-3-1-9(2-4-10)7-12(15)8-14-11-5-6-11/h1-4,11-12,14-15H,5-8H2. The van der Waals surface area contributed by atoms with Crippen molar-refractivity contribution in [2.75, 3.05) is 6.54 Å². The summed E-state index contributed by atoms with van der Waals surface area (Å²) < 4.78 is 12.6. The topological polar surface area (TPSA) is 32.3 Å². The van der Waals surface area contributed by atoms with Crippen molar-refractivity contribution in [3.05, 3.63) is 35.6 Å². The molecule has 1 aromatic rings. The number of aliphatic hydroxyl groups is 1. The van der Waals surface area contributed by atoms with Gasteiger partial charge in [-0.05, 0) is 37.0 Å². The predicted molar refractivity (Wildman–Crippen MR) is 57.1 cm³/mol. The number of benzene rings is 1. The fraction of sp³-hybridized carbons (Fsp3) is 0.500. The van der Waals surface area contributed by atoms with E-state index < -0.39 is 0 Å². The Morgan fingerprint density at radius 2 is 2.00 bits per heavy atom. The molecule has 1 aromatic carbocycles. The van der Waals surface area contributed by atoms with E-state index in [4.69, 9.17) is 0 Å². The van der Waals surface area contributed by atoms with E-state index in [2.05, 4.69) is 5.32 Å². The average molecular weight is 209 g/mol. The van der Waals surface area contributed by atoms with Crippen molar-refractivity contribution in [2.24, 2.45) is 0 Å². The summed E-state index contributed by atoms with van der Waals surface area (Å²) in [5.74, 6) is -0.232. The first-order chi connectivity index (χ1) is 7.24. The van der Waals surface area contributed by atoms with Crippen molar-refractivity contribution >= 4 is 0 Å². The van der Waals surface area contributed by atoms with Gasteiger partial charge in [-0.25, -0.2) is 4.39 Å². The van der Waals surface area contributed by atoms with Gasteiger partial charge in [0.2, 0.25) is 0 Å². The molecular formula is C12H16FNO. The number of halogens is 1. The highest BCUT2D eigenvalue weighted by atomic mass is 19.1. The molecule has 0 radical (unpaired) electrons. The molecular weight excluding hydrogens is 193 g/mol. The molecule has 1 aliphatic carbocycles. The Hall–Kier alpha value is -0.930. The second kappa shape index (κ2) is 4.73. The molecule has 0 aliphatic heterocycles. The van der Waals surface area contributed by atoms with Gasteiger partial charge in [0.05, 0.1) is 6.10 Å². The quantitative estimate of drug-likeness (QED) is 0.770. The Balaban J connectivity index is 1.76. The van der Waals surface area contributed by atoms with E-state index in [0.29, 0.717) is 19.0 Å². The highest BCUT2D eigenvalue weighted by Gasteiger charge is 2.21. The third-order valence-electron chi connectivity index (χ3n) is 2.60. The van der Waals surface area contributed by atoms with E-state index in [1.807, 2.05) is 0 Å². The van der Waals surface area contributed by atoms with Crippen LogP contribution in [0.25, 0.3) is 0 Å². The summed E-state index contributed by atoms with van der Waals surface area (Å²) >= 11 is 0. The van der Waals surface area contributed by atoms with E-state index in [1.54, 1.807) is 12.1 Å². The second-order valence-corrected chi connectivity index (χ2v) is 4.17. The lowest BCUT2D eigenvalue weighted by Gasteiger charge is -2.11. The maximum atomic E-state index is 12.6. The summed E-state index contributed by atoms with van der Waals surface area (Å²) in [7, 11) is 0. The van der Waals surface area contributed by atoms with Gasteiger partial charge in [-0.15, -0.1) is 0 Å². The zero-order valence-electron chi connectivity index (χ0n) is 8.62. The Morgan fingerprint density at radius 1 is 1.33 bits per heavy atom. The summed E-state index contributed by atoms with van der Waals surface area (Å²) in [5, 5.41) is 13.0. The van der Waals surface area contributed by atoms with Gasteiger partial charge in [-0.3, -0.25) is 0 Å². The van der Waals surface area contributed by atoms with Crippen LogP contribution in [-0.2, 0) is 6.42 Å². The SMILES string of the molecule is OC(CNC1CC1)Cc1ccc(F)cc1. The summed E-state index contributed by atoms with van der Waals surface area (Å²) in [4.78, 5) is 0. The molecule has 2 N–H and O–H groups in total.